The zero-order valence-electron chi connectivity index (χ0n) is 10.7. The SMILES string of the molecule is C=CC(=C)c1cc(C)c(CC(=O)OC)cc1C. The maximum absolute atomic E-state index is 11.3. The van der Waals surface area contributed by atoms with E-state index < -0.39 is 0 Å². The van der Waals surface area contributed by atoms with Gasteiger partial charge in [-0.1, -0.05) is 31.4 Å². The molecule has 0 saturated carbocycles. The van der Waals surface area contributed by atoms with Crippen molar-refractivity contribution >= 4 is 11.5 Å². The monoisotopic (exact) mass is 230 g/mol. The number of esters is 1. The zero-order valence-corrected chi connectivity index (χ0v) is 10.7. The molecule has 0 aliphatic heterocycles. The highest BCUT2D eigenvalue weighted by Gasteiger charge is 2.09. The second-order valence-electron chi connectivity index (χ2n) is 4.08. The molecule has 1 aromatic carbocycles. The molecule has 17 heavy (non-hydrogen) atoms. The van der Waals surface area contributed by atoms with Crippen LogP contribution in [0.1, 0.15) is 22.3 Å². The van der Waals surface area contributed by atoms with E-state index in [9.17, 15) is 4.79 Å². The molecule has 0 aliphatic rings. The fourth-order valence-electron chi connectivity index (χ4n) is 1.75. The van der Waals surface area contributed by atoms with E-state index >= 15 is 0 Å². The fourth-order valence-corrected chi connectivity index (χ4v) is 1.75. The summed E-state index contributed by atoms with van der Waals surface area (Å²) in [5, 5.41) is 0. The Hall–Kier alpha value is -1.83. The average molecular weight is 230 g/mol. The molecule has 1 rings (SSSR count). The number of carbonyl (C=O) groups is 1. The van der Waals surface area contributed by atoms with Gasteiger partial charge in [0.15, 0.2) is 0 Å². The minimum absolute atomic E-state index is 0.220. The first kappa shape index (κ1) is 13.2. The number of benzene rings is 1. The zero-order chi connectivity index (χ0) is 13.0. The summed E-state index contributed by atoms with van der Waals surface area (Å²) in [4.78, 5) is 11.3. The van der Waals surface area contributed by atoms with Crippen molar-refractivity contribution in [2.24, 2.45) is 0 Å². The third kappa shape index (κ3) is 3.06. The lowest BCUT2D eigenvalue weighted by Crippen LogP contribution is -2.06. The van der Waals surface area contributed by atoms with Crippen LogP contribution in [0.25, 0.3) is 5.57 Å². The number of methoxy groups -OCH3 is 1. The van der Waals surface area contributed by atoms with Crippen LogP contribution in [0.4, 0.5) is 0 Å². The van der Waals surface area contributed by atoms with Crippen molar-refractivity contribution in [3.63, 3.8) is 0 Å². The summed E-state index contributed by atoms with van der Waals surface area (Å²) in [6.45, 7) is 11.6. The maximum Gasteiger partial charge on any atom is 0.309 e. The van der Waals surface area contributed by atoms with E-state index in [-0.39, 0.29) is 5.97 Å². The molecule has 0 atom stereocenters. The summed E-state index contributed by atoms with van der Waals surface area (Å²) in [5.74, 6) is -0.220. The molecular formula is C15H18O2. The molecule has 1 aromatic rings. The number of carbonyl (C=O) groups excluding carboxylic acids is 1. The lowest BCUT2D eigenvalue weighted by Gasteiger charge is -2.11. The number of ether oxygens (including phenoxy) is 1. The number of hydrogen-bond acceptors (Lipinski definition) is 2. The Morgan fingerprint density at radius 1 is 1.35 bits per heavy atom. The van der Waals surface area contributed by atoms with Gasteiger partial charge in [-0.2, -0.15) is 0 Å². The van der Waals surface area contributed by atoms with Gasteiger partial charge in [-0.15, -0.1) is 0 Å². The van der Waals surface area contributed by atoms with Crippen molar-refractivity contribution in [1.82, 2.24) is 0 Å². The van der Waals surface area contributed by atoms with Gasteiger partial charge in [-0.25, -0.2) is 0 Å². The van der Waals surface area contributed by atoms with Gasteiger partial charge < -0.3 is 4.74 Å². The van der Waals surface area contributed by atoms with E-state index in [1.807, 2.05) is 26.0 Å². The molecule has 0 saturated heterocycles. The number of allylic oxidation sites excluding steroid dienone is 2. The van der Waals surface area contributed by atoms with Gasteiger partial charge in [0.2, 0.25) is 0 Å². The van der Waals surface area contributed by atoms with Gasteiger partial charge in [-0.05, 0) is 41.7 Å². The number of aryl methyl sites for hydroxylation is 2. The molecule has 0 radical (unpaired) electrons. The summed E-state index contributed by atoms with van der Waals surface area (Å²) < 4.78 is 4.68. The van der Waals surface area contributed by atoms with Crippen molar-refractivity contribution in [3.8, 4) is 0 Å². The molecule has 0 N–H and O–H groups in total. The predicted molar refractivity (Wildman–Crippen MR) is 70.9 cm³/mol. The van der Waals surface area contributed by atoms with Crippen molar-refractivity contribution in [2.45, 2.75) is 20.3 Å². The minimum atomic E-state index is -0.220. The average Bonchev–Trinajstić information content (AvgIpc) is 2.32. The van der Waals surface area contributed by atoms with E-state index in [1.165, 1.54) is 7.11 Å². The second-order valence-corrected chi connectivity index (χ2v) is 4.08. The molecular weight excluding hydrogens is 212 g/mol. The Balaban J connectivity index is 3.13. The van der Waals surface area contributed by atoms with E-state index in [2.05, 4.69) is 17.9 Å². The summed E-state index contributed by atoms with van der Waals surface area (Å²) in [5.41, 5.74) is 5.13. The molecule has 0 heterocycles. The van der Waals surface area contributed by atoms with Crippen molar-refractivity contribution < 1.29 is 9.53 Å². The van der Waals surface area contributed by atoms with E-state index in [4.69, 9.17) is 0 Å². The highest BCUT2D eigenvalue weighted by molar-refractivity contribution is 5.76. The van der Waals surface area contributed by atoms with Gasteiger partial charge in [0.1, 0.15) is 0 Å². The van der Waals surface area contributed by atoms with Crippen LogP contribution in [0, 0.1) is 13.8 Å². The van der Waals surface area contributed by atoms with Crippen molar-refractivity contribution in [2.75, 3.05) is 7.11 Å². The topological polar surface area (TPSA) is 26.3 Å². The van der Waals surface area contributed by atoms with Crippen molar-refractivity contribution in [1.29, 1.82) is 0 Å². The maximum atomic E-state index is 11.3. The van der Waals surface area contributed by atoms with Crippen LogP contribution in [0.2, 0.25) is 0 Å². The van der Waals surface area contributed by atoms with Crippen LogP contribution in [0.5, 0.6) is 0 Å². The lowest BCUT2D eigenvalue weighted by atomic mass is 9.94. The molecule has 0 aliphatic carbocycles. The van der Waals surface area contributed by atoms with E-state index in [1.54, 1.807) is 6.08 Å². The van der Waals surface area contributed by atoms with Gasteiger partial charge >= 0.3 is 5.97 Å². The van der Waals surface area contributed by atoms with Crippen LogP contribution in [0.3, 0.4) is 0 Å². The Morgan fingerprint density at radius 3 is 2.53 bits per heavy atom. The summed E-state index contributed by atoms with van der Waals surface area (Å²) in [7, 11) is 1.40. The third-order valence-electron chi connectivity index (χ3n) is 2.84. The molecule has 0 spiro atoms. The largest absolute Gasteiger partial charge is 0.469 e. The Bertz CT molecular complexity index is 470. The minimum Gasteiger partial charge on any atom is -0.469 e. The Kier molecular flexibility index (Phi) is 4.27. The quantitative estimate of drug-likeness (QED) is 0.586. The van der Waals surface area contributed by atoms with Crippen LogP contribution in [0.15, 0.2) is 31.4 Å². The third-order valence-corrected chi connectivity index (χ3v) is 2.84. The van der Waals surface area contributed by atoms with Gasteiger partial charge in [0, 0.05) is 0 Å². The van der Waals surface area contributed by atoms with Gasteiger partial charge in [0.25, 0.3) is 0 Å². The smallest absolute Gasteiger partial charge is 0.309 e. The molecule has 90 valence electrons. The highest BCUT2D eigenvalue weighted by atomic mass is 16.5. The normalized spacial score (nSPS) is 9.82. The molecule has 2 nitrogen and oxygen atoms in total. The lowest BCUT2D eigenvalue weighted by molar-refractivity contribution is -0.139. The summed E-state index contributed by atoms with van der Waals surface area (Å²) in [6.07, 6.45) is 2.05. The second kappa shape index (κ2) is 5.48. The predicted octanol–water partition coefficient (Wildman–Crippen LogP) is 3.22. The van der Waals surface area contributed by atoms with E-state index in [0.717, 1.165) is 27.8 Å². The van der Waals surface area contributed by atoms with E-state index in [0.29, 0.717) is 6.42 Å². The first-order chi connectivity index (χ1) is 7.99. The molecule has 0 bridgehead atoms. The van der Waals surface area contributed by atoms with Crippen molar-refractivity contribution in [3.05, 3.63) is 53.6 Å². The van der Waals surface area contributed by atoms with Crippen LogP contribution in [-0.2, 0) is 16.0 Å². The number of rotatable bonds is 4. The number of hydrogen-bond donors (Lipinski definition) is 0. The van der Waals surface area contributed by atoms with Gasteiger partial charge in [0.05, 0.1) is 13.5 Å². The van der Waals surface area contributed by atoms with Crippen LogP contribution < -0.4 is 0 Å². The van der Waals surface area contributed by atoms with Crippen LogP contribution in [-0.4, -0.2) is 13.1 Å². The van der Waals surface area contributed by atoms with Gasteiger partial charge in [-0.3, -0.25) is 4.79 Å². The molecule has 2 heteroatoms. The summed E-state index contributed by atoms with van der Waals surface area (Å²) >= 11 is 0. The first-order valence-corrected chi connectivity index (χ1v) is 5.48. The summed E-state index contributed by atoms with van der Waals surface area (Å²) in [6, 6.07) is 4.05. The first-order valence-electron chi connectivity index (χ1n) is 5.48. The fraction of sp³-hybridized carbons (Fsp3) is 0.267. The Morgan fingerprint density at radius 2 is 2.00 bits per heavy atom. The van der Waals surface area contributed by atoms with Crippen LogP contribution >= 0.6 is 0 Å². The Labute approximate surface area is 103 Å². The molecule has 0 fully saturated rings. The highest BCUT2D eigenvalue weighted by Crippen LogP contribution is 2.23. The molecule has 0 aromatic heterocycles. The standard InChI is InChI=1S/C15H18O2/c1-6-10(2)14-8-11(3)13(7-12(14)4)9-15(16)17-5/h6-8H,1-2,9H2,3-5H3. The molecule has 0 unspecified atom stereocenters. The molecule has 0 amide bonds.